The van der Waals surface area contributed by atoms with Crippen molar-refractivity contribution in [3.8, 4) is 0 Å². The number of aliphatic hydroxyl groups is 3. The molecule has 0 fully saturated rings. The lowest BCUT2D eigenvalue weighted by Gasteiger charge is -2.09. The van der Waals surface area contributed by atoms with Gasteiger partial charge in [-0.2, -0.15) is 0 Å². The highest BCUT2D eigenvalue weighted by atomic mass is 35.5. The minimum absolute atomic E-state index is 0. The van der Waals surface area contributed by atoms with Crippen molar-refractivity contribution < 1.29 is 15.3 Å². The van der Waals surface area contributed by atoms with Gasteiger partial charge in [-0.25, -0.2) is 5.32 Å². The fourth-order valence-corrected chi connectivity index (χ4v) is 0. The van der Waals surface area contributed by atoms with Gasteiger partial charge >= 0.3 is 6.10 Å². The van der Waals surface area contributed by atoms with Crippen LogP contribution in [-0.2, 0) is 0 Å². The Hall–Kier alpha value is 0.420. The Bertz CT molecular complexity index is 45.0. The van der Waals surface area contributed by atoms with Gasteiger partial charge in [0.25, 0.3) is 0 Å². The maximum atomic E-state index is 7.83. The third kappa shape index (κ3) is 16.1. The van der Waals surface area contributed by atoms with Gasteiger partial charge in [0.15, 0.2) is 0 Å². The summed E-state index contributed by atoms with van der Waals surface area (Å²) in [4.78, 5) is 0. The van der Waals surface area contributed by atoms with E-state index in [1.807, 2.05) is 0 Å². The Morgan fingerprint density at radius 1 is 1.12 bits per heavy atom. The fourth-order valence-electron chi connectivity index (χ4n) is 0. The molecule has 0 bridgehead atoms. The molecule has 0 aromatic carbocycles. The molecule has 6 heteroatoms. The Balaban J connectivity index is -0.000000125. The van der Waals surface area contributed by atoms with Crippen LogP contribution in [0.1, 0.15) is 0 Å². The van der Waals surface area contributed by atoms with Gasteiger partial charge in [0, 0.05) is 0 Å². The number of hydrogen-bond donors (Lipinski definition) is 4. The quantitative estimate of drug-likeness (QED) is 0.363. The molecule has 0 heterocycles. The largest absolute Gasteiger partial charge is 0.342 e. The molecule has 0 unspecified atom stereocenters. The summed E-state index contributed by atoms with van der Waals surface area (Å²) >= 11 is 0. The molecule has 0 rings (SSSR count). The summed E-state index contributed by atoms with van der Waals surface area (Å²) < 4.78 is 0. The van der Waals surface area contributed by atoms with Crippen LogP contribution >= 0.6 is 24.8 Å². The minimum atomic E-state index is -2.71. The van der Waals surface area contributed by atoms with Crippen LogP contribution in [0.2, 0.25) is 0 Å². The third-order valence-corrected chi connectivity index (χ3v) is 0.335. The Kier molecular flexibility index (Phi) is 11.0. The second-order valence-corrected chi connectivity index (χ2v) is 0.885. The summed E-state index contributed by atoms with van der Waals surface area (Å²) in [5, 5.41) is 25.3. The first-order chi connectivity index (χ1) is 2.56. The highest BCUT2D eigenvalue weighted by molar-refractivity contribution is 5.85. The molecule has 0 spiro atoms. The lowest BCUT2D eigenvalue weighted by atomic mass is 10.9. The van der Waals surface area contributed by atoms with E-state index in [0.717, 1.165) is 0 Å². The van der Waals surface area contributed by atoms with E-state index in [1.165, 1.54) is 7.05 Å². The maximum absolute atomic E-state index is 7.83. The molecule has 0 radical (unpaired) electrons. The second-order valence-electron chi connectivity index (χ2n) is 0.885. The average Bonchev–Trinajstić information content (AvgIpc) is 1.35. The van der Waals surface area contributed by atoms with Crippen LogP contribution in [0.4, 0.5) is 0 Å². The average molecular weight is 166 g/mol. The van der Waals surface area contributed by atoms with Crippen LogP contribution < -0.4 is 5.32 Å². The molecule has 0 aliphatic rings. The minimum Gasteiger partial charge on any atom is -0.330 e. The predicted molar refractivity (Wildman–Crippen MR) is 32.9 cm³/mol. The van der Waals surface area contributed by atoms with Crippen molar-refractivity contribution in [2.24, 2.45) is 0 Å². The van der Waals surface area contributed by atoms with E-state index in [1.54, 1.807) is 5.32 Å². The van der Waals surface area contributed by atoms with Gasteiger partial charge in [-0.3, -0.25) is 0 Å². The first-order valence-electron chi connectivity index (χ1n) is 1.42. The van der Waals surface area contributed by atoms with Crippen molar-refractivity contribution in [3.05, 3.63) is 0 Å². The Labute approximate surface area is 59.3 Å². The smallest absolute Gasteiger partial charge is 0.330 e. The number of hydrogen-bond acceptors (Lipinski definition) is 4. The van der Waals surface area contributed by atoms with Crippen LogP contribution in [-0.4, -0.2) is 28.5 Å². The van der Waals surface area contributed by atoms with Crippen LogP contribution in [0.5, 0.6) is 0 Å². The van der Waals surface area contributed by atoms with Crippen molar-refractivity contribution in [2.75, 3.05) is 7.05 Å². The van der Waals surface area contributed by atoms with Gasteiger partial charge in [-0.1, -0.05) is 0 Å². The molecule has 0 saturated carbocycles. The van der Waals surface area contributed by atoms with E-state index in [9.17, 15) is 0 Å². The maximum Gasteiger partial charge on any atom is 0.342 e. The number of halogens is 2. The summed E-state index contributed by atoms with van der Waals surface area (Å²) in [6.45, 7) is 0. The molecule has 0 aromatic heterocycles. The zero-order valence-electron chi connectivity index (χ0n) is 4.16. The van der Waals surface area contributed by atoms with E-state index in [0.29, 0.717) is 0 Å². The van der Waals surface area contributed by atoms with E-state index < -0.39 is 6.10 Å². The summed E-state index contributed by atoms with van der Waals surface area (Å²) in [5.41, 5.74) is 0. The monoisotopic (exact) mass is 165 g/mol. The summed E-state index contributed by atoms with van der Waals surface area (Å²) in [6.07, 6.45) is -2.71. The number of rotatable bonds is 1. The molecular weight excluding hydrogens is 157 g/mol. The summed E-state index contributed by atoms with van der Waals surface area (Å²) in [6, 6.07) is 0. The van der Waals surface area contributed by atoms with Crippen LogP contribution in [0.15, 0.2) is 0 Å². The molecule has 0 saturated heterocycles. The van der Waals surface area contributed by atoms with Gasteiger partial charge in [0.05, 0.1) is 0 Å². The normalized spacial score (nSPS) is 9.00. The first kappa shape index (κ1) is 15.8. The first-order valence-corrected chi connectivity index (χ1v) is 1.42. The van der Waals surface area contributed by atoms with Gasteiger partial charge < -0.3 is 15.3 Å². The fraction of sp³-hybridized carbons (Fsp3) is 1.00. The molecule has 4 nitrogen and oxygen atoms in total. The molecule has 54 valence electrons. The molecule has 0 aromatic rings. The van der Waals surface area contributed by atoms with Gasteiger partial charge in [0.1, 0.15) is 0 Å². The summed E-state index contributed by atoms with van der Waals surface area (Å²) in [5.74, 6) is 0. The molecule has 0 aliphatic heterocycles. The van der Waals surface area contributed by atoms with Gasteiger partial charge in [0.2, 0.25) is 0 Å². The zero-order valence-corrected chi connectivity index (χ0v) is 5.79. The molecule has 0 atom stereocenters. The standard InChI is InChI=1S/C2H7NO3.2ClH/c1-3-2(4,5)6;;/h3-6H,1H3;2*1H. The van der Waals surface area contributed by atoms with Crippen molar-refractivity contribution in [2.45, 2.75) is 6.10 Å². The second kappa shape index (κ2) is 5.55. The molecule has 0 aliphatic carbocycles. The number of nitrogens with one attached hydrogen (secondary N) is 1. The predicted octanol–water partition coefficient (Wildman–Crippen LogP) is -1.36. The lowest BCUT2D eigenvalue weighted by Crippen LogP contribution is -2.41. The third-order valence-electron chi connectivity index (χ3n) is 0.335. The Morgan fingerprint density at radius 2 is 1.25 bits per heavy atom. The van der Waals surface area contributed by atoms with Crippen LogP contribution in [0.25, 0.3) is 0 Å². The van der Waals surface area contributed by atoms with E-state index in [2.05, 4.69) is 0 Å². The SMILES string of the molecule is CNC(O)(O)O.Cl.Cl. The topological polar surface area (TPSA) is 72.7 Å². The van der Waals surface area contributed by atoms with E-state index in [4.69, 9.17) is 15.3 Å². The Morgan fingerprint density at radius 3 is 1.25 bits per heavy atom. The highest BCUT2D eigenvalue weighted by Crippen LogP contribution is 1.77. The highest BCUT2D eigenvalue weighted by Gasteiger charge is 2.11. The molecule has 4 N–H and O–H groups in total. The lowest BCUT2D eigenvalue weighted by molar-refractivity contribution is -0.328. The van der Waals surface area contributed by atoms with E-state index >= 15 is 0 Å². The summed E-state index contributed by atoms with van der Waals surface area (Å²) in [7, 11) is 1.21. The van der Waals surface area contributed by atoms with Gasteiger partial charge in [-0.05, 0) is 7.05 Å². The van der Waals surface area contributed by atoms with Crippen molar-refractivity contribution in [1.82, 2.24) is 5.32 Å². The van der Waals surface area contributed by atoms with Crippen LogP contribution in [0, 0.1) is 0 Å². The molecule has 8 heavy (non-hydrogen) atoms. The van der Waals surface area contributed by atoms with E-state index in [-0.39, 0.29) is 24.8 Å². The zero-order chi connectivity index (χ0) is 5.21. The molecular formula is C2H9Cl2NO3. The van der Waals surface area contributed by atoms with Crippen molar-refractivity contribution in [1.29, 1.82) is 0 Å². The van der Waals surface area contributed by atoms with Crippen LogP contribution in [0.3, 0.4) is 0 Å². The van der Waals surface area contributed by atoms with Crippen molar-refractivity contribution in [3.63, 3.8) is 0 Å². The van der Waals surface area contributed by atoms with Crippen molar-refractivity contribution >= 4 is 24.8 Å². The van der Waals surface area contributed by atoms with Gasteiger partial charge in [-0.15, -0.1) is 24.8 Å². The molecule has 0 amide bonds.